The molecule has 0 aliphatic carbocycles. The van der Waals surface area contributed by atoms with Gasteiger partial charge in [-0.2, -0.15) is 0 Å². The summed E-state index contributed by atoms with van der Waals surface area (Å²) in [5.41, 5.74) is 0.311. The van der Waals surface area contributed by atoms with Crippen LogP contribution in [0.2, 0.25) is 0 Å². The van der Waals surface area contributed by atoms with Gasteiger partial charge in [-0.15, -0.1) is 0 Å². The van der Waals surface area contributed by atoms with Crippen LogP contribution in [0.4, 0.5) is 0 Å². The Morgan fingerprint density at radius 3 is 2.38 bits per heavy atom. The highest BCUT2D eigenvalue weighted by atomic mass is 16.5. The Hall–Kier alpha value is -0.120. The average molecular weight is 228 g/mol. The molecule has 1 heterocycles. The Kier molecular flexibility index (Phi) is 4.77. The summed E-state index contributed by atoms with van der Waals surface area (Å²) in [6.45, 7) is 14.2. The van der Waals surface area contributed by atoms with Crippen molar-refractivity contribution >= 4 is 0 Å². The maximum absolute atomic E-state index is 5.82. The molecule has 0 saturated carbocycles. The van der Waals surface area contributed by atoms with Crippen LogP contribution in [0.1, 0.15) is 34.6 Å². The molecule has 0 spiro atoms. The number of nitrogens with one attached hydrogen (secondary N) is 1. The van der Waals surface area contributed by atoms with Crippen molar-refractivity contribution in [1.29, 1.82) is 0 Å². The van der Waals surface area contributed by atoms with Crippen molar-refractivity contribution < 1.29 is 4.74 Å². The van der Waals surface area contributed by atoms with E-state index in [2.05, 4.69) is 51.9 Å². The second kappa shape index (κ2) is 5.48. The summed E-state index contributed by atoms with van der Waals surface area (Å²) in [6.07, 6.45) is 0.323. The minimum Gasteiger partial charge on any atom is -0.374 e. The van der Waals surface area contributed by atoms with Crippen molar-refractivity contribution in [3.05, 3.63) is 0 Å². The van der Waals surface area contributed by atoms with E-state index in [1.165, 1.54) is 0 Å². The van der Waals surface area contributed by atoms with Gasteiger partial charge in [-0.1, -0.05) is 20.8 Å². The molecule has 3 atom stereocenters. The molecule has 0 radical (unpaired) electrons. The Morgan fingerprint density at radius 2 is 1.94 bits per heavy atom. The molecule has 0 amide bonds. The molecule has 0 aromatic rings. The van der Waals surface area contributed by atoms with Crippen molar-refractivity contribution in [2.75, 3.05) is 26.7 Å². The number of likely N-dealkylation sites (N-methyl/N-ethyl adjacent to an activating group) is 1. The zero-order chi connectivity index (χ0) is 12.3. The van der Waals surface area contributed by atoms with E-state index < -0.39 is 0 Å². The van der Waals surface area contributed by atoms with Crippen LogP contribution in [-0.4, -0.2) is 49.8 Å². The molecule has 1 aliphatic rings. The lowest BCUT2D eigenvalue weighted by molar-refractivity contribution is -0.0394. The lowest BCUT2D eigenvalue weighted by Gasteiger charge is -2.42. The minimum absolute atomic E-state index is 0.311. The normalized spacial score (nSPS) is 26.8. The summed E-state index contributed by atoms with van der Waals surface area (Å²) in [5, 5.41) is 3.40. The summed E-state index contributed by atoms with van der Waals surface area (Å²) in [6, 6.07) is 1.01. The number of ether oxygens (including phenoxy) is 1. The first-order valence-electron chi connectivity index (χ1n) is 6.38. The van der Waals surface area contributed by atoms with E-state index in [0.29, 0.717) is 23.6 Å². The molecule has 16 heavy (non-hydrogen) atoms. The summed E-state index contributed by atoms with van der Waals surface area (Å²) in [4.78, 5) is 2.44. The van der Waals surface area contributed by atoms with Gasteiger partial charge in [0, 0.05) is 25.2 Å². The predicted octanol–water partition coefficient (Wildman–Crippen LogP) is 1.73. The van der Waals surface area contributed by atoms with Crippen LogP contribution in [0.3, 0.4) is 0 Å². The summed E-state index contributed by atoms with van der Waals surface area (Å²) in [5.74, 6) is 0. The maximum atomic E-state index is 5.82. The fourth-order valence-electron chi connectivity index (χ4n) is 2.12. The highest BCUT2D eigenvalue weighted by Gasteiger charge is 2.31. The topological polar surface area (TPSA) is 24.5 Å². The lowest BCUT2D eigenvalue weighted by atomic mass is 9.86. The van der Waals surface area contributed by atoms with Gasteiger partial charge in [-0.25, -0.2) is 0 Å². The maximum Gasteiger partial charge on any atom is 0.0852 e. The minimum atomic E-state index is 0.311. The van der Waals surface area contributed by atoms with E-state index in [9.17, 15) is 0 Å². The van der Waals surface area contributed by atoms with Crippen LogP contribution < -0.4 is 5.32 Å². The zero-order valence-electron chi connectivity index (χ0n) is 11.7. The third kappa shape index (κ3) is 3.44. The molecule has 3 nitrogen and oxygen atoms in total. The number of hydrogen-bond donors (Lipinski definition) is 1. The Balaban J connectivity index is 2.55. The zero-order valence-corrected chi connectivity index (χ0v) is 11.7. The van der Waals surface area contributed by atoms with Gasteiger partial charge in [-0.3, -0.25) is 4.90 Å². The van der Waals surface area contributed by atoms with Crippen LogP contribution >= 0.6 is 0 Å². The van der Waals surface area contributed by atoms with E-state index in [0.717, 1.165) is 19.7 Å². The molecule has 0 aromatic heterocycles. The summed E-state index contributed by atoms with van der Waals surface area (Å²) in [7, 11) is 2.21. The predicted molar refractivity (Wildman–Crippen MR) is 68.8 cm³/mol. The fraction of sp³-hybridized carbons (Fsp3) is 1.00. The van der Waals surface area contributed by atoms with Crippen molar-refractivity contribution in [2.24, 2.45) is 5.41 Å². The fourth-order valence-corrected chi connectivity index (χ4v) is 2.12. The number of hydrogen-bond acceptors (Lipinski definition) is 3. The quantitative estimate of drug-likeness (QED) is 0.796. The number of rotatable bonds is 3. The average Bonchev–Trinajstić information content (AvgIpc) is 2.26. The molecule has 1 saturated heterocycles. The number of nitrogens with zero attached hydrogens (tertiary/aromatic N) is 1. The monoisotopic (exact) mass is 228 g/mol. The van der Waals surface area contributed by atoms with Gasteiger partial charge in [0.25, 0.3) is 0 Å². The van der Waals surface area contributed by atoms with Crippen LogP contribution in [0.5, 0.6) is 0 Å². The molecular formula is C13H28N2O. The van der Waals surface area contributed by atoms with Gasteiger partial charge < -0.3 is 10.1 Å². The van der Waals surface area contributed by atoms with Crippen molar-refractivity contribution in [2.45, 2.75) is 52.8 Å². The molecule has 3 unspecified atom stereocenters. The molecule has 1 rings (SSSR count). The van der Waals surface area contributed by atoms with Crippen molar-refractivity contribution in [3.8, 4) is 0 Å². The van der Waals surface area contributed by atoms with Crippen LogP contribution in [0.25, 0.3) is 0 Å². The molecule has 1 N–H and O–H groups in total. The molecule has 3 heteroatoms. The summed E-state index contributed by atoms with van der Waals surface area (Å²) < 4.78 is 5.82. The third-order valence-electron chi connectivity index (χ3n) is 4.00. The van der Waals surface area contributed by atoms with Crippen LogP contribution in [-0.2, 0) is 4.74 Å². The van der Waals surface area contributed by atoms with Gasteiger partial charge in [0.1, 0.15) is 0 Å². The van der Waals surface area contributed by atoms with Crippen LogP contribution in [0.15, 0.2) is 0 Å². The van der Waals surface area contributed by atoms with Gasteiger partial charge in [0.2, 0.25) is 0 Å². The first-order chi connectivity index (χ1) is 7.34. The Morgan fingerprint density at radius 1 is 1.31 bits per heavy atom. The molecule has 0 aromatic carbocycles. The van der Waals surface area contributed by atoms with Crippen LogP contribution in [0, 0.1) is 5.41 Å². The van der Waals surface area contributed by atoms with Gasteiger partial charge in [0.15, 0.2) is 0 Å². The molecular weight excluding hydrogens is 200 g/mol. The highest BCUT2D eigenvalue weighted by molar-refractivity contribution is 4.85. The van der Waals surface area contributed by atoms with Gasteiger partial charge in [-0.05, 0) is 26.3 Å². The van der Waals surface area contributed by atoms with Gasteiger partial charge in [0.05, 0.1) is 12.7 Å². The second-order valence-corrected chi connectivity index (χ2v) is 6.06. The molecule has 0 bridgehead atoms. The second-order valence-electron chi connectivity index (χ2n) is 6.06. The lowest BCUT2D eigenvalue weighted by Crippen LogP contribution is -2.54. The van der Waals surface area contributed by atoms with Gasteiger partial charge >= 0.3 is 0 Å². The van der Waals surface area contributed by atoms with Crippen molar-refractivity contribution in [3.63, 3.8) is 0 Å². The molecule has 1 aliphatic heterocycles. The van der Waals surface area contributed by atoms with E-state index in [-0.39, 0.29) is 0 Å². The van der Waals surface area contributed by atoms with E-state index in [4.69, 9.17) is 4.74 Å². The number of morpholine rings is 1. The van der Waals surface area contributed by atoms with E-state index >= 15 is 0 Å². The Bertz CT molecular complexity index is 206. The van der Waals surface area contributed by atoms with E-state index in [1.807, 2.05) is 0 Å². The van der Waals surface area contributed by atoms with Crippen molar-refractivity contribution in [1.82, 2.24) is 10.2 Å². The molecule has 1 fully saturated rings. The SMILES string of the molecule is CC(C1CNCCO1)N(C)C(C)C(C)(C)C. The molecule has 96 valence electrons. The first-order valence-corrected chi connectivity index (χ1v) is 6.38. The van der Waals surface area contributed by atoms with E-state index in [1.54, 1.807) is 0 Å². The smallest absolute Gasteiger partial charge is 0.0852 e. The first kappa shape index (κ1) is 13.9. The third-order valence-corrected chi connectivity index (χ3v) is 4.00. The highest BCUT2D eigenvalue weighted by Crippen LogP contribution is 2.25. The standard InChI is InChI=1S/C13H28N2O/c1-10(12-9-14-7-8-16-12)15(6)11(2)13(3,4)5/h10-12,14H,7-9H2,1-6H3. The Labute approximate surface area is 101 Å². The largest absolute Gasteiger partial charge is 0.374 e. The summed E-state index contributed by atoms with van der Waals surface area (Å²) >= 11 is 0.